The molecule has 0 aromatic heterocycles. The summed E-state index contributed by atoms with van der Waals surface area (Å²) in [7, 11) is 3.00. The van der Waals surface area contributed by atoms with E-state index >= 15 is 0 Å². The predicted molar refractivity (Wildman–Crippen MR) is 103 cm³/mol. The highest BCUT2D eigenvalue weighted by Gasteiger charge is 2.23. The van der Waals surface area contributed by atoms with E-state index in [-0.39, 0.29) is 17.0 Å². The summed E-state index contributed by atoms with van der Waals surface area (Å²) in [5.41, 5.74) is 1.04. The van der Waals surface area contributed by atoms with Gasteiger partial charge in [0.2, 0.25) is 0 Å². The Labute approximate surface area is 156 Å². The molecular formula is C19H22O4S2. The highest BCUT2D eigenvalue weighted by atomic mass is 32.2. The van der Waals surface area contributed by atoms with Crippen LogP contribution in [-0.4, -0.2) is 42.9 Å². The van der Waals surface area contributed by atoms with Gasteiger partial charge in [-0.05, 0) is 23.8 Å². The van der Waals surface area contributed by atoms with Crippen LogP contribution in [0.15, 0.2) is 59.5 Å². The van der Waals surface area contributed by atoms with Crippen molar-refractivity contribution in [2.45, 2.75) is 16.2 Å². The van der Waals surface area contributed by atoms with Crippen molar-refractivity contribution in [3.8, 4) is 5.75 Å². The summed E-state index contributed by atoms with van der Waals surface area (Å²) in [4.78, 5) is 12.3. The molecular weight excluding hydrogens is 356 g/mol. The number of hydrogen-bond acceptors (Lipinski definition) is 6. The molecule has 2 aromatic carbocycles. The van der Waals surface area contributed by atoms with Crippen molar-refractivity contribution >= 4 is 29.5 Å². The molecule has 0 heterocycles. The topological polar surface area (TPSA) is 55.8 Å². The van der Waals surface area contributed by atoms with E-state index in [4.69, 9.17) is 4.74 Å². The lowest BCUT2D eigenvalue weighted by atomic mass is 10.1. The lowest BCUT2D eigenvalue weighted by Gasteiger charge is -2.23. The minimum Gasteiger partial charge on any atom is -0.497 e. The van der Waals surface area contributed by atoms with E-state index < -0.39 is 6.10 Å². The van der Waals surface area contributed by atoms with Crippen LogP contribution in [0.4, 0.5) is 0 Å². The van der Waals surface area contributed by atoms with Crippen molar-refractivity contribution < 1.29 is 19.4 Å². The van der Waals surface area contributed by atoms with Crippen molar-refractivity contribution in [3.05, 3.63) is 60.2 Å². The van der Waals surface area contributed by atoms with Gasteiger partial charge in [0.15, 0.2) is 0 Å². The molecule has 2 atom stereocenters. The Morgan fingerprint density at radius 2 is 1.88 bits per heavy atom. The van der Waals surface area contributed by atoms with E-state index in [0.29, 0.717) is 5.75 Å². The molecule has 6 heteroatoms. The number of carbonyl (C=O) groups is 1. The Kier molecular flexibility index (Phi) is 8.18. The monoisotopic (exact) mass is 378 g/mol. The average Bonchev–Trinajstić information content (AvgIpc) is 2.66. The summed E-state index contributed by atoms with van der Waals surface area (Å²) in [5, 5.41) is 10.6. The minimum atomic E-state index is -0.603. The zero-order valence-corrected chi connectivity index (χ0v) is 15.9. The largest absolute Gasteiger partial charge is 0.497 e. The van der Waals surface area contributed by atoms with E-state index in [0.717, 1.165) is 16.2 Å². The van der Waals surface area contributed by atoms with Crippen LogP contribution in [0.5, 0.6) is 5.75 Å². The third-order valence-corrected chi connectivity index (χ3v) is 5.90. The number of benzene rings is 2. The predicted octanol–water partition coefficient (Wildman–Crippen LogP) is 3.80. The smallest absolute Gasteiger partial charge is 0.315 e. The summed E-state index contributed by atoms with van der Waals surface area (Å²) in [5.74, 6) is 1.19. The first kappa shape index (κ1) is 19.7. The van der Waals surface area contributed by atoms with E-state index in [1.165, 1.54) is 18.9 Å². The molecule has 2 rings (SSSR count). The second kappa shape index (κ2) is 10.4. The molecule has 134 valence electrons. The molecule has 0 saturated carbocycles. The normalized spacial score (nSPS) is 13.1. The Morgan fingerprint density at radius 1 is 1.12 bits per heavy atom. The summed E-state index contributed by atoms with van der Waals surface area (Å²) in [6.45, 7) is 0. The number of esters is 1. The zero-order chi connectivity index (χ0) is 18.1. The quantitative estimate of drug-likeness (QED) is 0.529. The maximum atomic E-state index is 11.3. The van der Waals surface area contributed by atoms with Gasteiger partial charge in [-0.25, -0.2) is 0 Å². The van der Waals surface area contributed by atoms with Gasteiger partial charge in [-0.15, -0.1) is 23.5 Å². The Bertz CT molecular complexity index is 663. The molecule has 1 unspecified atom stereocenters. The van der Waals surface area contributed by atoms with Crippen LogP contribution in [0.25, 0.3) is 0 Å². The van der Waals surface area contributed by atoms with E-state index in [2.05, 4.69) is 4.74 Å². The highest BCUT2D eigenvalue weighted by molar-refractivity contribution is 8.00. The number of aliphatic hydroxyl groups is 1. The van der Waals surface area contributed by atoms with Gasteiger partial charge < -0.3 is 14.6 Å². The lowest BCUT2D eigenvalue weighted by Crippen LogP contribution is -2.20. The second-order valence-corrected chi connectivity index (χ2v) is 7.53. The van der Waals surface area contributed by atoms with Gasteiger partial charge in [-0.2, -0.15) is 0 Å². The number of rotatable bonds is 9. The maximum Gasteiger partial charge on any atom is 0.315 e. The molecule has 0 aliphatic heterocycles. The van der Waals surface area contributed by atoms with Gasteiger partial charge in [0.25, 0.3) is 0 Å². The molecule has 25 heavy (non-hydrogen) atoms. The average molecular weight is 379 g/mol. The van der Waals surface area contributed by atoms with Crippen LogP contribution in [0.1, 0.15) is 10.8 Å². The van der Waals surface area contributed by atoms with Gasteiger partial charge in [0.1, 0.15) is 5.75 Å². The Balaban J connectivity index is 2.11. The summed E-state index contributed by atoms with van der Waals surface area (Å²) < 4.78 is 9.91. The third kappa shape index (κ3) is 6.30. The first-order valence-electron chi connectivity index (χ1n) is 7.82. The van der Waals surface area contributed by atoms with Crippen LogP contribution in [0, 0.1) is 0 Å². The van der Waals surface area contributed by atoms with Crippen molar-refractivity contribution in [1.82, 2.24) is 0 Å². The maximum absolute atomic E-state index is 11.3. The molecule has 4 nitrogen and oxygen atoms in total. The van der Waals surface area contributed by atoms with Gasteiger partial charge >= 0.3 is 5.97 Å². The number of hydrogen-bond donors (Lipinski definition) is 1. The molecule has 0 aliphatic carbocycles. The number of ether oxygens (including phenoxy) is 2. The van der Waals surface area contributed by atoms with Gasteiger partial charge in [0, 0.05) is 10.6 Å². The molecule has 0 spiro atoms. The molecule has 0 fully saturated rings. The van der Waals surface area contributed by atoms with Crippen molar-refractivity contribution in [1.29, 1.82) is 0 Å². The van der Waals surface area contributed by atoms with E-state index in [9.17, 15) is 9.90 Å². The summed E-state index contributed by atoms with van der Waals surface area (Å²) in [6.07, 6.45) is -0.603. The van der Waals surface area contributed by atoms with Crippen molar-refractivity contribution in [2.75, 3.05) is 25.7 Å². The summed E-state index contributed by atoms with van der Waals surface area (Å²) in [6, 6.07) is 17.7. The van der Waals surface area contributed by atoms with Crippen LogP contribution < -0.4 is 4.74 Å². The molecule has 0 amide bonds. The standard InChI is InChI=1S/C19H22O4S2/c1-22-15-9-6-10-16(11-15)25-19(14-7-4-3-5-8-14)17(20)12-24-13-18(21)23-2/h3-11,17,19-20H,12-13H2,1-2H3/t17?,19-/m0/s1. The van der Waals surface area contributed by atoms with Crippen LogP contribution in [0.3, 0.4) is 0 Å². The molecule has 0 bridgehead atoms. The summed E-state index contributed by atoms with van der Waals surface area (Å²) >= 11 is 2.96. The number of methoxy groups -OCH3 is 2. The van der Waals surface area contributed by atoms with Crippen LogP contribution in [0.2, 0.25) is 0 Å². The zero-order valence-electron chi connectivity index (χ0n) is 14.3. The SMILES string of the molecule is COC(=O)CSCC(O)[C@@H](Sc1cccc(OC)c1)c1ccccc1. The fourth-order valence-electron chi connectivity index (χ4n) is 2.24. The Morgan fingerprint density at radius 3 is 2.56 bits per heavy atom. The number of thioether (sulfide) groups is 2. The Hall–Kier alpha value is -1.63. The van der Waals surface area contributed by atoms with Crippen LogP contribution in [-0.2, 0) is 9.53 Å². The molecule has 0 saturated heterocycles. The third-order valence-electron chi connectivity index (χ3n) is 3.52. The minimum absolute atomic E-state index is 0.140. The second-order valence-electron chi connectivity index (χ2n) is 5.29. The molecule has 0 radical (unpaired) electrons. The molecule has 2 aromatic rings. The van der Waals surface area contributed by atoms with E-state index in [1.54, 1.807) is 18.9 Å². The van der Waals surface area contributed by atoms with Gasteiger partial charge in [-0.1, -0.05) is 36.4 Å². The first-order valence-corrected chi connectivity index (χ1v) is 9.85. The number of aliphatic hydroxyl groups excluding tert-OH is 1. The fraction of sp³-hybridized carbons (Fsp3) is 0.316. The fourth-order valence-corrected chi connectivity index (χ4v) is 4.38. The lowest BCUT2D eigenvalue weighted by molar-refractivity contribution is -0.137. The highest BCUT2D eigenvalue weighted by Crippen LogP contribution is 2.39. The molecule has 1 N–H and O–H groups in total. The van der Waals surface area contributed by atoms with Crippen molar-refractivity contribution in [2.24, 2.45) is 0 Å². The molecule has 0 aliphatic rings. The van der Waals surface area contributed by atoms with E-state index in [1.807, 2.05) is 54.6 Å². The van der Waals surface area contributed by atoms with Crippen LogP contribution >= 0.6 is 23.5 Å². The van der Waals surface area contributed by atoms with Crippen molar-refractivity contribution in [3.63, 3.8) is 0 Å². The first-order chi connectivity index (χ1) is 12.1. The van der Waals surface area contributed by atoms with Gasteiger partial charge in [-0.3, -0.25) is 4.79 Å². The van der Waals surface area contributed by atoms with Gasteiger partial charge in [0.05, 0.1) is 31.3 Å². The number of carbonyl (C=O) groups excluding carboxylic acids is 1.